The van der Waals surface area contributed by atoms with Crippen molar-refractivity contribution in [2.24, 2.45) is 5.11 Å². The van der Waals surface area contributed by atoms with Gasteiger partial charge in [0.25, 0.3) is 5.91 Å². The first-order valence-electron chi connectivity index (χ1n) is 5.90. The Kier molecular flexibility index (Phi) is 6.02. The molecule has 21 heavy (non-hydrogen) atoms. The van der Waals surface area contributed by atoms with Crippen LogP contribution in [0.2, 0.25) is 0 Å². The van der Waals surface area contributed by atoms with Crippen LogP contribution >= 0.6 is 0 Å². The van der Waals surface area contributed by atoms with E-state index in [0.717, 1.165) is 0 Å². The van der Waals surface area contributed by atoms with Gasteiger partial charge in [0.15, 0.2) is 0 Å². The number of nitrogens with zero attached hydrogens (tertiary/aromatic N) is 4. The van der Waals surface area contributed by atoms with Crippen LogP contribution in [0.25, 0.3) is 10.4 Å². The highest BCUT2D eigenvalue weighted by Crippen LogP contribution is 2.22. The van der Waals surface area contributed by atoms with Gasteiger partial charge in [0.1, 0.15) is 5.82 Å². The molecule has 0 heterocycles. The SMILES string of the molecule is [N-]=[N+]=NCCCCNC(=O)c1cc(F)cc([N+](=O)[O-])c1F. The minimum absolute atomic E-state index is 0.142. The quantitative estimate of drug-likeness (QED) is 0.208. The number of nitro groups is 1. The predicted octanol–water partition coefficient (Wildman–Crippen LogP) is 2.69. The summed E-state index contributed by atoms with van der Waals surface area (Å²) in [5, 5.41) is 16.1. The molecule has 10 heteroatoms. The zero-order valence-corrected chi connectivity index (χ0v) is 10.8. The van der Waals surface area contributed by atoms with E-state index in [1.54, 1.807) is 0 Å². The fourth-order valence-corrected chi connectivity index (χ4v) is 1.52. The van der Waals surface area contributed by atoms with E-state index >= 15 is 0 Å². The maximum Gasteiger partial charge on any atom is 0.308 e. The number of benzene rings is 1. The third kappa shape index (κ3) is 4.69. The van der Waals surface area contributed by atoms with E-state index in [9.17, 15) is 23.7 Å². The van der Waals surface area contributed by atoms with Crippen LogP contribution in [-0.4, -0.2) is 23.9 Å². The van der Waals surface area contributed by atoms with E-state index in [1.165, 1.54) is 0 Å². The highest BCUT2D eigenvalue weighted by atomic mass is 19.1. The second-order valence-corrected chi connectivity index (χ2v) is 3.96. The first-order chi connectivity index (χ1) is 9.97. The van der Waals surface area contributed by atoms with Gasteiger partial charge in [-0.3, -0.25) is 14.9 Å². The highest BCUT2D eigenvalue weighted by Gasteiger charge is 2.23. The number of azide groups is 1. The molecule has 0 aliphatic rings. The van der Waals surface area contributed by atoms with Gasteiger partial charge in [0, 0.05) is 18.0 Å². The van der Waals surface area contributed by atoms with E-state index < -0.39 is 33.7 Å². The third-order valence-corrected chi connectivity index (χ3v) is 2.49. The number of unbranched alkanes of at least 4 members (excludes halogenated alkanes) is 1. The van der Waals surface area contributed by atoms with E-state index in [1.807, 2.05) is 0 Å². The average molecular weight is 299 g/mol. The lowest BCUT2D eigenvalue weighted by Crippen LogP contribution is -2.26. The summed E-state index contributed by atoms with van der Waals surface area (Å²) in [6.07, 6.45) is 0.972. The topological polar surface area (TPSA) is 121 Å². The summed E-state index contributed by atoms with van der Waals surface area (Å²) in [5.74, 6) is -3.40. The minimum atomic E-state index is -1.38. The van der Waals surface area contributed by atoms with E-state index in [4.69, 9.17) is 5.53 Å². The summed E-state index contributed by atoms with van der Waals surface area (Å²) < 4.78 is 26.9. The first-order valence-corrected chi connectivity index (χ1v) is 5.90. The van der Waals surface area contributed by atoms with Crippen molar-refractivity contribution in [3.05, 3.63) is 49.9 Å². The Labute approximate surface area is 117 Å². The fraction of sp³-hybridized carbons (Fsp3) is 0.364. The largest absolute Gasteiger partial charge is 0.352 e. The molecule has 0 radical (unpaired) electrons. The molecule has 0 saturated heterocycles. The summed E-state index contributed by atoms with van der Waals surface area (Å²) >= 11 is 0. The molecule has 0 unspecified atom stereocenters. The molecular formula is C11H11F2N5O3. The Hall–Kier alpha value is -2.74. The van der Waals surface area contributed by atoms with Crippen molar-refractivity contribution < 1.29 is 18.5 Å². The number of nitrogens with one attached hydrogen (secondary N) is 1. The molecule has 1 amide bonds. The molecule has 0 bridgehead atoms. The standard InChI is InChI=1S/C11H11F2N5O3/c12-7-5-8(10(13)9(6-7)18(20)21)11(19)15-3-1-2-4-16-17-14/h5-6H,1-4H2,(H,15,19). The lowest BCUT2D eigenvalue weighted by Gasteiger charge is -2.06. The maximum atomic E-state index is 13.7. The van der Waals surface area contributed by atoms with Crippen molar-refractivity contribution in [2.45, 2.75) is 12.8 Å². The molecule has 0 aromatic heterocycles. The van der Waals surface area contributed by atoms with E-state index in [0.29, 0.717) is 25.0 Å². The normalized spacial score (nSPS) is 9.81. The molecular weight excluding hydrogens is 288 g/mol. The molecule has 0 atom stereocenters. The zero-order valence-electron chi connectivity index (χ0n) is 10.8. The van der Waals surface area contributed by atoms with Gasteiger partial charge in [-0.25, -0.2) is 4.39 Å². The molecule has 0 aliphatic carbocycles. The Balaban J connectivity index is 2.70. The van der Waals surface area contributed by atoms with Crippen LogP contribution in [0.5, 0.6) is 0 Å². The summed E-state index contributed by atoms with van der Waals surface area (Å²) in [4.78, 5) is 23.6. The van der Waals surface area contributed by atoms with Crippen LogP contribution in [0.4, 0.5) is 14.5 Å². The molecule has 1 aromatic carbocycles. The lowest BCUT2D eigenvalue weighted by atomic mass is 10.1. The van der Waals surface area contributed by atoms with Crippen molar-refractivity contribution in [1.82, 2.24) is 5.32 Å². The van der Waals surface area contributed by atoms with Gasteiger partial charge in [-0.15, -0.1) is 0 Å². The van der Waals surface area contributed by atoms with Crippen LogP contribution in [0.15, 0.2) is 17.2 Å². The number of halogens is 2. The second kappa shape index (κ2) is 7.75. The molecule has 112 valence electrons. The third-order valence-electron chi connectivity index (χ3n) is 2.49. The zero-order chi connectivity index (χ0) is 15.8. The number of nitro benzene ring substituents is 1. The Bertz CT molecular complexity index is 602. The average Bonchev–Trinajstić information content (AvgIpc) is 2.44. The number of hydrogen-bond acceptors (Lipinski definition) is 4. The molecule has 1 N–H and O–H groups in total. The number of rotatable bonds is 7. The summed E-state index contributed by atoms with van der Waals surface area (Å²) in [6.45, 7) is 0.399. The minimum Gasteiger partial charge on any atom is -0.352 e. The summed E-state index contributed by atoms with van der Waals surface area (Å²) in [5.41, 5.74) is 6.22. The molecule has 0 saturated carbocycles. The van der Waals surface area contributed by atoms with E-state index in [-0.39, 0.29) is 13.1 Å². The Morgan fingerprint density at radius 2 is 2.14 bits per heavy atom. The molecule has 0 fully saturated rings. The summed E-state index contributed by atoms with van der Waals surface area (Å²) in [7, 11) is 0. The molecule has 1 rings (SSSR count). The number of amides is 1. The lowest BCUT2D eigenvalue weighted by molar-refractivity contribution is -0.387. The van der Waals surface area contributed by atoms with Crippen molar-refractivity contribution in [3.63, 3.8) is 0 Å². The van der Waals surface area contributed by atoms with Gasteiger partial charge in [0.2, 0.25) is 5.82 Å². The Morgan fingerprint density at radius 1 is 1.43 bits per heavy atom. The van der Waals surface area contributed by atoms with Crippen molar-refractivity contribution in [3.8, 4) is 0 Å². The van der Waals surface area contributed by atoms with Crippen LogP contribution in [0.3, 0.4) is 0 Å². The number of carbonyl (C=O) groups excluding carboxylic acids is 1. The maximum absolute atomic E-state index is 13.7. The van der Waals surface area contributed by atoms with Gasteiger partial charge in [-0.1, -0.05) is 5.11 Å². The monoisotopic (exact) mass is 299 g/mol. The number of hydrogen-bond donors (Lipinski definition) is 1. The Morgan fingerprint density at radius 3 is 2.76 bits per heavy atom. The first kappa shape index (κ1) is 16.3. The van der Waals surface area contributed by atoms with Gasteiger partial charge in [-0.2, -0.15) is 4.39 Å². The van der Waals surface area contributed by atoms with Crippen LogP contribution in [0, 0.1) is 21.7 Å². The fourth-order valence-electron chi connectivity index (χ4n) is 1.52. The molecule has 0 spiro atoms. The van der Waals surface area contributed by atoms with Gasteiger partial charge in [0.05, 0.1) is 16.6 Å². The molecule has 0 aliphatic heterocycles. The van der Waals surface area contributed by atoms with Crippen molar-refractivity contribution in [2.75, 3.05) is 13.1 Å². The highest BCUT2D eigenvalue weighted by molar-refractivity contribution is 5.95. The van der Waals surface area contributed by atoms with Gasteiger partial charge in [-0.05, 0) is 24.4 Å². The van der Waals surface area contributed by atoms with E-state index in [2.05, 4.69) is 15.3 Å². The molecule has 8 nitrogen and oxygen atoms in total. The van der Waals surface area contributed by atoms with Crippen LogP contribution in [0.1, 0.15) is 23.2 Å². The summed E-state index contributed by atoms with van der Waals surface area (Å²) in [6, 6.07) is 1.00. The predicted molar refractivity (Wildman–Crippen MR) is 68.6 cm³/mol. The van der Waals surface area contributed by atoms with Crippen molar-refractivity contribution >= 4 is 11.6 Å². The van der Waals surface area contributed by atoms with Crippen LogP contribution in [-0.2, 0) is 0 Å². The van der Waals surface area contributed by atoms with Gasteiger partial charge >= 0.3 is 5.69 Å². The smallest absolute Gasteiger partial charge is 0.308 e. The van der Waals surface area contributed by atoms with Crippen LogP contribution < -0.4 is 5.32 Å². The molecule has 1 aromatic rings. The van der Waals surface area contributed by atoms with Gasteiger partial charge < -0.3 is 5.32 Å². The number of carbonyl (C=O) groups is 1. The van der Waals surface area contributed by atoms with Crippen molar-refractivity contribution in [1.29, 1.82) is 0 Å². The second-order valence-electron chi connectivity index (χ2n) is 3.96.